The minimum atomic E-state index is -3.96. The van der Waals surface area contributed by atoms with Gasteiger partial charge in [0.2, 0.25) is 21.8 Å². The Labute approximate surface area is 134 Å². The number of carbonyl (C=O) groups is 2. The number of hydrogen-bond donors (Lipinski definition) is 3. The number of halogens is 1. The van der Waals surface area contributed by atoms with Crippen molar-refractivity contribution in [3.8, 4) is 0 Å². The second-order valence-corrected chi connectivity index (χ2v) is 6.95. The van der Waals surface area contributed by atoms with Crippen LogP contribution in [0.25, 0.3) is 0 Å². The Hall–Kier alpha value is -2.00. The Morgan fingerprint density at radius 2 is 1.70 bits per heavy atom. The van der Waals surface area contributed by atoms with Crippen LogP contribution < -0.4 is 15.4 Å². The molecule has 0 spiro atoms. The lowest BCUT2D eigenvalue weighted by Crippen LogP contribution is -2.48. The van der Waals surface area contributed by atoms with Crippen molar-refractivity contribution >= 4 is 21.8 Å². The average molecular weight is 345 g/mol. The molecule has 0 bridgehead atoms. The Bertz CT molecular complexity index is 659. The van der Waals surface area contributed by atoms with Crippen molar-refractivity contribution in [2.75, 3.05) is 6.54 Å². The van der Waals surface area contributed by atoms with Gasteiger partial charge in [-0.25, -0.2) is 12.8 Å². The molecule has 2 amide bonds. The maximum Gasteiger partial charge on any atom is 0.241 e. The summed E-state index contributed by atoms with van der Waals surface area (Å²) < 4.78 is 39.1. The van der Waals surface area contributed by atoms with Gasteiger partial charge >= 0.3 is 0 Å². The Kier molecular flexibility index (Phi) is 6.64. The Morgan fingerprint density at radius 3 is 2.22 bits per heavy atom. The van der Waals surface area contributed by atoms with Crippen LogP contribution in [0.5, 0.6) is 0 Å². The van der Waals surface area contributed by atoms with Crippen molar-refractivity contribution in [1.29, 1.82) is 0 Å². The predicted octanol–water partition coefficient (Wildman–Crippen LogP) is 0.133. The molecule has 23 heavy (non-hydrogen) atoms. The lowest BCUT2D eigenvalue weighted by atomic mass is 10.3. The number of benzene rings is 1. The average Bonchev–Trinajstić information content (AvgIpc) is 2.44. The second kappa shape index (κ2) is 8.02. The highest BCUT2D eigenvalue weighted by molar-refractivity contribution is 7.89. The topological polar surface area (TPSA) is 104 Å². The predicted molar refractivity (Wildman–Crippen MR) is 82.5 cm³/mol. The lowest BCUT2D eigenvalue weighted by Gasteiger charge is -2.15. The third-order valence-corrected chi connectivity index (χ3v) is 4.28. The van der Waals surface area contributed by atoms with Crippen LogP contribution in [0, 0.1) is 5.82 Å². The van der Waals surface area contributed by atoms with Gasteiger partial charge in [0.05, 0.1) is 17.5 Å². The molecule has 1 atom stereocenters. The first-order valence-electron chi connectivity index (χ1n) is 6.97. The third kappa shape index (κ3) is 6.33. The molecule has 0 aromatic heterocycles. The van der Waals surface area contributed by atoms with Crippen LogP contribution >= 0.6 is 0 Å². The van der Waals surface area contributed by atoms with Gasteiger partial charge in [-0.3, -0.25) is 9.59 Å². The highest BCUT2D eigenvalue weighted by Gasteiger charge is 2.22. The van der Waals surface area contributed by atoms with Crippen molar-refractivity contribution < 1.29 is 22.4 Å². The molecule has 0 fully saturated rings. The summed E-state index contributed by atoms with van der Waals surface area (Å²) in [5.74, 6) is -1.58. The summed E-state index contributed by atoms with van der Waals surface area (Å²) in [6.45, 7) is 4.65. The van der Waals surface area contributed by atoms with Gasteiger partial charge in [-0.2, -0.15) is 4.72 Å². The standard InChI is InChI=1S/C14H20FN3O4S/c1-9(2)17-13(19)8-16-14(20)10(3)18-23(21,22)12-6-4-11(15)5-7-12/h4-7,9-10,18H,8H2,1-3H3,(H,16,20)(H,17,19)/t10-/m0/s1. The molecule has 3 N–H and O–H groups in total. The maximum absolute atomic E-state index is 12.8. The fourth-order valence-corrected chi connectivity index (χ4v) is 2.86. The summed E-state index contributed by atoms with van der Waals surface area (Å²) >= 11 is 0. The van der Waals surface area contributed by atoms with Crippen molar-refractivity contribution in [1.82, 2.24) is 15.4 Å². The molecule has 0 unspecified atom stereocenters. The van der Waals surface area contributed by atoms with E-state index in [0.717, 1.165) is 24.3 Å². The Balaban J connectivity index is 2.60. The van der Waals surface area contributed by atoms with Gasteiger partial charge in [-0.15, -0.1) is 0 Å². The fourth-order valence-electron chi connectivity index (χ4n) is 1.66. The highest BCUT2D eigenvalue weighted by atomic mass is 32.2. The molecule has 7 nitrogen and oxygen atoms in total. The summed E-state index contributed by atoms with van der Waals surface area (Å²) in [6, 6.07) is 3.06. The maximum atomic E-state index is 12.8. The zero-order valence-corrected chi connectivity index (χ0v) is 13.9. The monoisotopic (exact) mass is 345 g/mol. The molecule has 0 saturated heterocycles. The third-order valence-electron chi connectivity index (χ3n) is 2.72. The smallest absolute Gasteiger partial charge is 0.241 e. The van der Waals surface area contributed by atoms with E-state index in [9.17, 15) is 22.4 Å². The molecule has 0 aliphatic heterocycles. The van der Waals surface area contributed by atoms with Gasteiger partial charge in [0.25, 0.3) is 0 Å². The van der Waals surface area contributed by atoms with E-state index in [4.69, 9.17) is 0 Å². The van der Waals surface area contributed by atoms with Gasteiger partial charge in [0.1, 0.15) is 5.82 Å². The molecule has 1 rings (SSSR count). The van der Waals surface area contributed by atoms with Crippen molar-refractivity contribution in [3.05, 3.63) is 30.1 Å². The summed E-state index contributed by atoms with van der Waals surface area (Å²) in [7, 11) is -3.96. The van der Waals surface area contributed by atoms with E-state index < -0.39 is 27.8 Å². The van der Waals surface area contributed by atoms with Crippen LogP contribution in [0.3, 0.4) is 0 Å². The zero-order valence-electron chi connectivity index (χ0n) is 13.1. The molecular formula is C14H20FN3O4S. The number of sulfonamides is 1. The van der Waals surface area contributed by atoms with E-state index >= 15 is 0 Å². The Morgan fingerprint density at radius 1 is 1.13 bits per heavy atom. The van der Waals surface area contributed by atoms with E-state index in [1.54, 1.807) is 13.8 Å². The van der Waals surface area contributed by atoms with Crippen molar-refractivity contribution in [3.63, 3.8) is 0 Å². The van der Waals surface area contributed by atoms with E-state index in [2.05, 4.69) is 15.4 Å². The highest BCUT2D eigenvalue weighted by Crippen LogP contribution is 2.10. The summed E-state index contributed by atoms with van der Waals surface area (Å²) in [5.41, 5.74) is 0. The lowest BCUT2D eigenvalue weighted by molar-refractivity contribution is -0.127. The minimum Gasteiger partial charge on any atom is -0.352 e. The molecule has 9 heteroatoms. The van der Waals surface area contributed by atoms with E-state index in [-0.39, 0.29) is 23.4 Å². The SMILES string of the molecule is CC(C)NC(=O)CNC(=O)[C@H](C)NS(=O)(=O)c1ccc(F)cc1. The van der Waals surface area contributed by atoms with Crippen LogP contribution in [0.15, 0.2) is 29.2 Å². The van der Waals surface area contributed by atoms with Gasteiger partial charge in [0.15, 0.2) is 0 Å². The number of hydrogen-bond acceptors (Lipinski definition) is 4. The van der Waals surface area contributed by atoms with Crippen LogP contribution in [0.4, 0.5) is 4.39 Å². The van der Waals surface area contributed by atoms with E-state index in [1.807, 2.05) is 0 Å². The molecule has 128 valence electrons. The van der Waals surface area contributed by atoms with Gasteiger partial charge < -0.3 is 10.6 Å². The second-order valence-electron chi connectivity index (χ2n) is 5.24. The van der Waals surface area contributed by atoms with Crippen LogP contribution in [0.2, 0.25) is 0 Å². The molecular weight excluding hydrogens is 325 g/mol. The van der Waals surface area contributed by atoms with Crippen LogP contribution in [-0.2, 0) is 19.6 Å². The van der Waals surface area contributed by atoms with Crippen molar-refractivity contribution in [2.45, 2.75) is 37.8 Å². The summed E-state index contributed by atoms with van der Waals surface area (Å²) in [6.07, 6.45) is 0. The van der Waals surface area contributed by atoms with Gasteiger partial charge in [-0.1, -0.05) is 0 Å². The molecule has 0 heterocycles. The number of nitrogens with one attached hydrogen (secondary N) is 3. The number of amides is 2. The van der Waals surface area contributed by atoms with E-state index in [1.165, 1.54) is 6.92 Å². The minimum absolute atomic E-state index is 0.0613. The summed E-state index contributed by atoms with van der Waals surface area (Å²) in [4.78, 5) is 23.1. The van der Waals surface area contributed by atoms with E-state index in [0.29, 0.717) is 0 Å². The largest absolute Gasteiger partial charge is 0.352 e. The number of rotatable bonds is 7. The van der Waals surface area contributed by atoms with Gasteiger partial charge in [0, 0.05) is 6.04 Å². The van der Waals surface area contributed by atoms with Crippen LogP contribution in [-0.4, -0.2) is 38.9 Å². The van der Waals surface area contributed by atoms with Crippen molar-refractivity contribution in [2.24, 2.45) is 0 Å². The molecule has 1 aromatic rings. The molecule has 0 aliphatic rings. The number of carbonyl (C=O) groups excluding carboxylic acids is 2. The molecule has 1 aromatic carbocycles. The molecule has 0 radical (unpaired) electrons. The quantitative estimate of drug-likeness (QED) is 0.653. The molecule has 0 aliphatic carbocycles. The first-order chi connectivity index (χ1) is 10.6. The fraction of sp³-hybridized carbons (Fsp3) is 0.429. The first-order valence-corrected chi connectivity index (χ1v) is 8.45. The summed E-state index contributed by atoms with van der Waals surface area (Å²) in [5, 5.41) is 4.92. The molecule has 0 saturated carbocycles. The first kappa shape index (κ1) is 19.0. The van der Waals surface area contributed by atoms with Crippen LogP contribution in [0.1, 0.15) is 20.8 Å². The zero-order chi connectivity index (χ0) is 17.6. The van der Waals surface area contributed by atoms with Gasteiger partial charge in [-0.05, 0) is 45.0 Å². The normalized spacial score (nSPS) is 12.7.